The number of fused-ring (bicyclic) bond motifs is 1. The number of hydrogen-bond acceptors (Lipinski definition) is 7. The molecule has 132 valence electrons. The Morgan fingerprint density at radius 2 is 2.00 bits per heavy atom. The average molecular weight is 376 g/mol. The summed E-state index contributed by atoms with van der Waals surface area (Å²) in [6.07, 6.45) is 0. The highest BCUT2D eigenvalue weighted by Gasteiger charge is 2.22. The third-order valence-electron chi connectivity index (χ3n) is 3.55. The second-order valence-corrected chi connectivity index (χ2v) is 5.70. The number of carbonyl (C=O) groups is 1. The van der Waals surface area contributed by atoms with Crippen molar-refractivity contribution in [3.05, 3.63) is 79.1 Å². The monoisotopic (exact) mass is 375 g/mol. The number of phenols is 1. The van der Waals surface area contributed by atoms with Gasteiger partial charge < -0.3 is 14.3 Å². The first-order chi connectivity index (χ1) is 12.3. The van der Waals surface area contributed by atoms with E-state index in [1.807, 2.05) is 0 Å². The zero-order valence-electron chi connectivity index (χ0n) is 13.0. The van der Waals surface area contributed by atoms with E-state index in [4.69, 9.17) is 20.8 Å². The first kappa shape index (κ1) is 17.4. The van der Waals surface area contributed by atoms with Crippen LogP contribution in [0.1, 0.15) is 15.9 Å². The second kappa shape index (κ2) is 6.85. The fraction of sp³-hybridized carbons (Fsp3) is 0.0588. The molecule has 0 saturated carbocycles. The van der Waals surface area contributed by atoms with Crippen LogP contribution in [-0.4, -0.2) is 16.0 Å². The number of halogens is 1. The van der Waals surface area contributed by atoms with Crippen molar-refractivity contribution in [2.45, 2.75) is 6.61 Å². The van der Waals surface area contributed by atoms with E-state index in [9.17, 15) is 24.8 Å². The van der Waals surface area contributed by atoms with Gasteiger partial charge in [-0.25, -0.2) is 9.59 Å². The Balaban J connectivity index is 1.92. The number of nitro benzene ring substituents is 1. The Hall–Kier alpha value is -3.39. The van der Waals surface area contributed by atoms with Crippen LogP contribution in [0.5, 0.6) is 5.75 Å². The van der Waals surface area contributed by atoms with E-state index < -0.39 is 22.2 Å². The molecule has 1 N–H and O–H groups in total. The van der Waals surface area contributed by atoms with Crippen molar-refractivity contribution in [1.29, 1.82) is 0 Å². The molecule has 0 bridgehead atoms. The highest BCUT2D eigenvalue weighted by Crippen LogP contribution is 2.25. The number of hydrogen-bond donors (Lipinski definition) is 1. The van der Waals surface area contributed by atoms with E-state index in [-0.39, 0.29) is 28.5 Å². The van der Waals surface area contributed by atoms with E-state index in [0.29, 0.717) is 10.9 Å². The number of carbonyl (C=O) groups excluding carboxylic acids is 1. The third kappa shape index (κ3) is 3.50. The summed E-state index contributed by atoms with van der Waals surface area (Å²) in [6.45, 7) is -0.324. The second-order valence-electron chi connectivity index (χ2n) is 5.27. The molecule has 0 radical (unpaired) electrons. The quantitative estimate of drug-likeness (QED) is 0.321. The number of nitro groups is 1. The molecule has 0 aliphatic carbocycles. The van der Waals surface area contributed by atoms with E-state index in [2.05, 4.69) is 0 Å². The van der Waals surface area contributed by atoms with Crippen molar-refractivity contribution in [3.63, 3.8) is 0 Å². The van der Waals surface area contributed by atoms with Crippen LogP contribution in [0, 0.1) is 10.1 Å². The number of esters is 1. The van der Waals surface area contributed by atoms with Crippen LogP contribution in [0.25, 0.3) is 11.0 Å². The molecule has 0 aliphatic heterocycles. The maximum Gasteiger partial charge on any atom is 0.345 e. The summed E-state index contributed by atoms with van der Waals surface area (Å²) in [5, 5.41) is 21.1. The van der Waals surface area contributed by atoms with Crippen LogP contribution in [0.3, 0.4) is 0 Å². The summed E-state index contributed by atoms with van der Waals surface area (Å²) in [4.78, 5) is 34.2. The predicted molar refractivity (Wildman–Crippen MR) is 91.4 cm³/mol. The van der Waals surface area contributed by atoms with Gasteiger partial charge in [-0.2, -0.15) is 0 Å². The molecule has 1 aromatic heterocycles. The lowest BCUT2D eigenvalue weighted by atomic mass is 10.1. The number of ether oxygens (including phenoxy) is 1. The van der Waals surface area contributed by atoms with Crippen LogP contribution in [0.15, 0.2) is 51.7 Å². The van der Waals surface area contributed by atoms with Gasteiger partial charge in [0.05, 0.1) is 4.92 Å². The van der Waals surface area contributed by atoms with Crippen molar-refractivity contribution in [1.82, 2.24) is 0 Å². The zero-order valence-corrected chi connectivity index (χ0v) is 13.7. The number of benzene rings is 2. The molecule has 3 rings (SSSR count). The summed E-state index contributed by atoms with van der Waals surface area (Å²) in [7, 11) is 0. The van der Waals surface area contributed by atoms with Crippen molar-refractivity contribution < 1.29 is 24.0 Å². The Labute approximate surface area is 150 Å². The lowest BCUT2D eigenvalue weighted by Gasteiger charge is -2.08. The molecule has 26 heavy (non-hydrogen) atoms. The smallest absolute Gasteiger partial charge is 0.345 e. The molecule has 1 heterocycles. The topological polar surface area (TPSA) is 120 Å². The van der Waals surface area contributed by atoms with Crippen molar-refractivity contribution >= 4 is 34.2 Å². The van der Waals surface area contributed by atoms with Crippen LogP contribution in [0.2, 0.25) is 5.02 Å². The molecule has 0 spiro atoms. The molecule has 0 saturated heterocycles. The standard InChI is InChI=1S/C17H10ClNO7/c18-10-1-4-14(19(23)24)13(6-10)17(22)25-8-9-5-16(21)26-15-7-11(20)2-3-12(9)15/h1-7,20H,8H2. The molecular weight excluding hydrogens is 366 g/mol. The molecule has 0 amide bonds. The largest absolute Gasteiger partial charge is 0.508 e. The summed E-state index contributed by atoms with van der Waals surface area (Å²) in [5.41, 5.74) is -0.983. The van der Waals surface area contributed by atoms with Gasteiger partial charge in [-0.05, 0) is 24.3 Å². The van der Waals surface area contributed by atoms with Gasteiger partial charge in [0.1, 0.15) is 23.5 Å². The molecule has 8 nitrogen and oxygen atoms in total. The lowest BCUT2D eigenvalue weighted by molar-refractivity contribution is -0.385. The van der Waals surface area contributed by atoms with Crippen LogP contribution < -0.4 is 5.63 Å². The fourth-order valence-electron chi connectivity index (χ4n) is 2.39. The number of rotatable bonds is 4. The molecule has 0 unspecified atom stereocenters. The lowest BCUT2D eigenvalue weighted by Crippen LogP contribution is -2.10. The molecule has 0 aliphatic rings. The minimum atomic E-state index is -0.959. The number of aromatic hydroxyl groups is 1. The predicted octanol–water partition coefficient (Wildman–Crippen LogP) is 3.42. The summed E-state index contributed by atoms with van der Waals surface area (Å²) < 4.78 is 10.1. The first-order valence-corrected chi connectivity index (χ1v) is 7.60. The van der Waals surface area contributed by atoms with Crippen molar-refractivity contribution in [2.24, 2.45) is 0 Å². The summed E-state index contributed by atoms with van der Waals surface area (Å²) in [6, 6.07) is 8.81. The molecular formula is C17H10ClNO7. The van der Waals surface area contributed by atoms with Crippen LogP contribution in [0.4, 0.5) is 5.69 Å². The molecule has 9 heteroatoms. The third-order valence-corrected chi connectivity index (χ3v) is 3.78. The number of nitrogens with zero attached hydrogens (tertiary/aromatic N) is 1. The van der Waals surface area contributed by atoms with Crippen LogP contribution in [-0.2, 0) is 11.3 Å². The average Bonchev–Trinajstić information content (AvgIpc) is 2.58. The highest BCUT2D eigenvalue weighted by molar-refractivity contribution is 6.31. The minimum Gasteiger partial charge on any atom is -0.508 e. The molecule has 3 aromatic rings. The van der Waals surface area contributed by atoms with E-state index in [1.54, 1.807) is 0 Å². The highest BCUT2D eigenvalue weighted by atomic mass is 35.5. The molecule has 0 fully saturated rings. The Morgan fingerprint density at radius 3 is 2.73 bits per heavy atom. The first-order valence-electron chi connectivity index (χ1n) is 7.22. The summed E-state index contributed by atoms with van der Waals surface area (Å²) in [5.74, 6) is -1.05. The van der Waals surface area contributed by atoms with Gasteiger partial charge in [-0.1, -0.05) is 11.6 Å². The van der Waals surface area contributed by atoms with Gasteiger partial charge in [0.2, 0.25) is 0 Å². The van der Waals surface area contributed by atoms with E-state index in [0.717, 1.165) is 18.2 Å². The molecule has 2 aromatic carbocycles. The van der Waals surface area contributed by atoms with Gasteiger partial charge in [0, 0.05) is 34.2 Å². The summed E-state index contributed by atoms with van der Waals surface area (Å²) >= 11 is 5.79. The Kier molecular flexibility index (Phi) is 4.59. The Bertz CT molecular complexity index is 1090. The van der Waals surface area contributed by atoms with Gasteiger partial charge in [0.15, 0.2) is 0 Å². The maximum atomic E-state index is 12.2. The zero-order chi connectivity index (χ0) is 18.8. The van der Waals surface area contributed by atoms with E-state index in [1.165, 1.54) is 24.3 Å². The normalized spacial score (nSPS) is 10.7. The molecule has 0 atom stereocenters. The van der Waals surface area contributed by atoms with Crippen molar-refractivity contribution in [2.75, 3.05) is 0 Å². The van der Waals surface area contributed by atoms with Gasteiger partial charge in [-0.3, -0.25) is 10.1 Å². The SMILES string of the molecule is O=C(OCc1cc(=O)oc2cc(O)ccc12)c1cc(Cl)ccc1[N+](=O)[O-]. The van der Waals surface area contributed by atoms with Crippen molar-refractivity contribution in [3.8, 4) is 5.75 Å². The fourth-order valence-corrected chi connectivity index (χ4v) is 2.56. The Morgan fingerprint density at radius 1 is 1.23 bits per heavy atom. The number of phenolic OH excluding ortho intramolecular Hbond substituents is 1. The van der Waals surface area contributed by atoms with Crippen LogP contribution >= 0.6 is 11.6 Å². The van der Waals surface area contributed by atoms with Gasteiger partial charge >= 0.3 is 11.6 Å². The van der Waals surface area contributed by atoms with Gasteiger partial charge in [0.25, 0.3) is 5.69 Å². The van der Waals surface area contributed by atoms with Gasteiger partial charge in [-0.15, -0.1) is 0 Å². The maximum absolute atomic E-state index is 12.2. The minimum absolute atomic E-state index is 0.0932. The van der Waals surface area contributed by atoms with E-state index >= 15 is 0 Å².